The van der Waals surface area contributed by atoms with E-state index in [2.05, 4.69) is 5.10 Å². The van der Waals surface area contributed by atoms with Gasteiger partial charge in [0.1, 0.15) is 22.2 Å². The third-order valence-corrected chi connectivity index (χ3v) is 2.88. The summed E-state index contributed by atoms with van der Waals surface area (Å²) >= 11 is 5.96. The molecule has 0 atom stereocenters. The number of nitrogens with zero attached hydrogens (tertiary/aromatic N) is 2. The van der Waals surface area contributed by atoms with Crippen LogP contribution in [0.15, 0.2) is 24.3 Å². The topological polar surface area (TPSA) is 55.1 Å². The summed E-state index contributed by atoms with van der Waals surface area (Å²) in [6.45, 7) is 1.76. The molecular formula is C12H10ClFN2O2. The van der Waals surface area contributed by atoms with E-state index in [-0.39, 0.29) is 16.4 Å². The van der Waals surface area contributed by atoms with Crippen LogP contribution >= 0.6 is 11.6 Å². The molecule has 18 heavy (non-hydrogen) atoms. The van der Waals surface area contributed by atoms with Crippen LogP contribution in [0.4, 0.5) is 4.39 Å². The summed E-state index contributed by atoms with van der Waals surface area (Å²) in [5, 5.41) is 13.0. The van der Waals surface area contributed by atoms with Crippen molar-refractivity contribution >= 4 is 17.6 Å². The van der Waals surface area contributed by atoms with Crippen molar-refractivity contribution in [1.82, 2.24) is 9.78 Å². The summed E-state index contributed by atoms with van der Waals surface area (Å²) in [5.74, 6) is -1.68. The van der Waals surface area contributed by atoms with Gasteiger partial charge in [0.2, 0.25) is 0 Å². The van der Waals surface area contributed by atoms with Gasteiger partial charge in [-0.2, -0.15) is 5.10 Å². The standard InChI is InChI=1S/C12H10ClFN2O2/c1-2-8-10(12(17)18)11(13)16(15-8)9-6-4-3-5-7(9)14/h3-6H,2H2,1H3,(H,17,18). The number of carboxylic acids is 1. The van der Waals surface area contributed by atoms with Gasteiger partial charge in [0.15, 0.2) is 0 Å². The lowest BCUT2D eigenvalue weighted by Gasteiger charge is -2.03. The first-order chi connectivity index (χ1) is 8.56. The lowest BCUT2D eigenvalue weighted by atomic mass is 10.2. The second-order valence-electron chi connectivity index (χ2n) is 3.63. The van der Waals surface area contributed by atoms with Gasteiger partial charge in [-0.1, -0.05) is 30.7 Å². The fraction of sp³-hybridized carbons (Fsp3) is 0.167. The van der Waals surface area contributed by atoms with Gasteiger partial charge in [-0.05, 0) is 18.6 Å². The smallest absolute Gasteiger partial charge is 0.340 e. The van der Waals surface area contributed by atoms with Crippen LogP contribution in [0.1, 0.15) is 23.0 Å². The molecule has 0 saturated carbocycles. The van der Waals surface area contributed by atoms with Crippen molar-refractivity contribution < 1.29 is 14.3 Å². The molecule has 1 N–H and O–H groups in total. The van der Waals surface area contributed by atoms with E-state index in [1.54, 1.807) is 13.0 Å². The van der Waals surface area contributed by atoms with Crippen LogP contribution in [-0.2, 0) is 6.42 Å². The van der Waals surface area contributed by atoms with Crippen molar-refractivity contribution in [2.75, 3.05) is 0 Å². The molecule has 94 valence electrons. The van der Waals surface area contributed by atoms with Gasteiger partial charge >= 0.3 is 5.97 Å². The van der Waals surface area contributed by atoms with Crippen LogP contribution in [-0.4, -0.2) is 20.9 Å². The molecule has 0 amide bonds. The van der Waals surface area contributed by atoms with Gasteiger partial charge in [0, 0.05) is 0 Å². The maximum absolute atomic E-state index is 13.6. The van der Waals surface area contributed by atoms with Crippen molar-refractivity contribution in [3.8, 4) is 5.69 Å². The highest BCUT2D eigenvalue weighted by molar-refractivity contribution is 6.32. The first kappa shape index (κ1) is 12.6. The number of hydrogen-bond donors (Lipinski definition) is 1. The van der Waals surface area contributed by atoms with Crippen LogP contribution in [0.25, 0.3) is 5.69 Å². The molecular weight excluding hydrogens is 259 g/mol. The molecule has 0 bridgehead atoms. The molecule has 0 aliphatic heterocycles. The van der Waals surface area contributed by atoms with Crippen molar-refractivity contribution in [1.29, 1.82) is 0 Å². The Kier molecular flexibility index (Phi) is 3.34. The number of aryl methyl sites for hydroxylation is 1. The minimum Gasteiger partial charge on any atom is -0.478 e. The minimum atomic E-state index is -1.17. The number of rotatable bonds is 3. The Morgan fingerprint density at radius 2 is 2.17 bits per heavy atom. The predicted molar refractivity (Wildman–Crippen MR) is 64.9 cm³/mol. The molecule has 0 aliphatic carbocycles. The number of hydrogen-bond acceptors (Lipinski definition) is 2. The van der Waals surface area contributed by atoms with Crippen LogP contribution < -0.4 is 0 Å². The fourth-order valence-corrected chi connectivity index (χ4v) is 2.00. The van der Waals surface area contributed by atoms with Gasteiger partial charge in [0.05, 0.1) is 5.69 Å². The first-order valence-corrected chi connectivity index (χ1v) is 5.69. The zero-order valence-electron chi connectivity index (χ0n) is 9.52. The van der Waals surface area contributed by atoms with E-state index in [1.165, 1.54) is 18.2 Å². The number of aromatic carboxylic acids is 1. The molecule has 0 fully saturated rings. The molecule has 1 aromatic carbocycles. The third-order valence-electron chi connectivity index (χ3n) is 2.53. The van der Waals surface area contributed by atoms with Gasteiger partial charge in [0.25, 0.3) is 0 Å². The number of benzene rings is 1. The molecule has 0 saturated heterocycles. The van der Waals surface area contributed by atoms with Crippen molar-refractivity contribution in [3.63, 3.8) is 0 Å². The average Bonchev–Trinajstić information content (AvgIpc) is 2.67. The average molecular weight is 269 g/mol. The first-order valence-electron chi connectivity index (χ1n) is 5.31. The highest BCUT2D eigenvalue weighted by Crippen LogP contribution is 2.25. The minimum absolute atomic E-state index is 0.0811. The van der Waals surface area contributed by atoms with E-state index in [1.807, 2.05) is 0 Å². The quantitative estimate of drug-likeness (QED) is 0.931. The molecule has 1 aromatic heterocycles. The maximum atomic E-state index is 13.6. The second-order valence-corrected chi connectivity index (χ2v) is 3.99. The Morgan fingerprint density at radius 3 is 2.67 bits per heavy atom. The molecule has 0 spiro atoms. The van der Waals surface area contributed by atoms with E-state index in [4.69, 9.17) is 16.7 Å². The monoisotopic (exact) mass is 268 g/mol. The Morgan fingerprint density at radius 1 is 1.50 bits per heavy atom. The second kappa shape index (κ2) is 4.78. The van der Waals surface area contributed by atoms with E-state index in [0.717, 1.165) is 4.68 Å². The lowest BCUT2D eigenvalue weighted by Crippen LogP contribution is -2.01. The van der Waals surface area contributed by atoms with Crippen LogP contribution in [0.3, 0.4) is 0 Å². The van der Waals surface area contributed by atoms with Crippen molar-refractivity contribution in [3.05, 3.63) is 46.5 Å². The Hall–Kier alpha value is -1.88. The van der Waals surface area contributed by atoms with Gasteiger partial charge in [-0.25, -0.2) is 13.9 Å². The van der Waals surface area contributed by atoms with Gasteiger partial charge < -0.3 is 5.11 Å². The van der Waals surface area contributed by atoms with E-state index < -0.39 is 11.8 Å². The molecule has 6 heteroatoms. The van der Waals surface area contributed by atoms with Crippen LogP contribution in [0, 0.1) is 5.82 Å². The predicted octanol–water partition coefficient (Wildman–Crippen LogP) is 2.93. The molecule has 1 heterocycles. The summed E-state index contributed by atoms with van der Waals surface area (Å²) in [7, 11) is 0. The summed E-state index contributed by atoms with van der Waals surface area (Å²) < 4.78 is 14.7. The van der Waals surface area contributed by atoms with Gasteiger partial charge in [-0.15, -0.1) is 0 Å². The SMILES string of the molecule is CCc1nn(-c2ccccc2F)c(Cl)c1C(=O)O. The van der Waals surface area contributed by atoms with Crippen LogP contribution in [0.2, 0.25) is 5.15 Å². The van der Waals surface area contributed by atoms with Gasteiger partial charge in [-0.3, -0.25) is 0 Å². The Balaban J connectivity index is 2.67. The largest absolute Gasteiger partial charge is 0.478 e. The van der Waals surface area contributed by atoms with Crippen LogP contribution in [0.5, 0.6) is 0 Å². The zero-order chi connectivity index (χ0) is 13.3. The number of halogens is 2. The normalized spacial score (nSPS) is 10.6. The van der Waals surface area contributed by atoms with E-state index >= 15 is 0 Å². The molecule has 0 radical (unpaired) electrons. The Labute approximate surface area is 108 Å². The number of carboxylic acid groups (broad SMARTS) is 1. The molecule has 2 aromatic rings. The maximum Gasteiger partial charge on any atom is 0.340 e. The third kappa shape index (κ3) is 1.97. The number of carbonyl (C=O) groups is 1. The fourth-order valence-electron chi connectivity index (χ4n) is 1.68. The summed E-state index contributed by atoms with van der Waals surface area (Å²) in [4.78, 5) is 11.1. The highest BCUT2D eigenvalue weighted by atomic mass is 35.5. The number of para-hydroxylation sites is 1. The van der Waals surface area contributed by atoms with E-state index in [9.17, 15) is 9.18 Å². The molecule has 0 aliphatic rings. The number of aromatic nitrogens is 2. The summed E-state index contributed by atoms with van der Waals surface area (Å²) in [6, 6.07) is 5.91. The lowest BCUT2D eigenvalue weighted by molar-refractivity contribution is 0.0696. The van der Waals surface area contributed by atoms with Crippen molar-refractivity contribution in [2.24, 2.45) is 0 Å². The van der Waals surface area contributed by atoms with E-state index in [0.29, 0.717) is 12.1 Å². The summed E-state index contributed by atoms with van der Waals surface area (Å²) in [5.41, 5.74) is 0.378. The molecule has 0 unspecified atom stereocenters. The summed E-state index contributed by atoms with van der Waals surface area (Å²) in [6.07, 6.45) is 0.406. The molecule has 4 nitrogen and oxygen atoms in total. The Bertz CT molecular complexity index is 610. The zero-order valence-corrected chi connectivity index (χ0v) is 10.3. The highest BCUT2D eigenvalue weighted by Gasteiger charge is 2.22. The van der Waals surface area contributed by atoms with Crippen molar-refractivity contribution in [2.45, 2.75) is 13.3 Å². The molecule has 2 rings (SSSR count).